The van der Waals surface area contributed by atoms with Crippen molar-refractivity contribution in [2.75, 3.05) is 11.5 Å². The number of carbonyl (C=O) groups excluding carboxylic acids is 1. The van der Waals surface area contributed by atoms with E-state index < -0.39 is 21.6 Å². The van der Waals surface area contributed by atoms with Gasteiger partial charge >= 0.3 is 5.97 Å². The SMILES string of the molecule is Cc1nn([C@@H]2CCS(=O)(=O)C2)c(Cl)c1/C=C/C(=O)OCc1ccccc1F. The molecule has 2 aromatic rings. The van der Waals surface area contributed by atoms with Crippen LogP contribution in [-0.4, -0.2) is 35.7 Å². The van der Waals surface area contributed by atoms with Crippen molar-refractivity contribution in [3.05, 3.63) is 58.1 Å². The second kappa shape index (κ2) is 7.82. The highest BCUT2D eigenvalue weighted by atomic mass is 35.5. The quantitative estimate of drug-likeness (QED) is 0.557. The van der Waals surface area contributed by atoms with E-state index >= 15 is 0 Å². The Kier molecular flexibility index (Phi) is 5.67. The average molecular weight is 413 g/mol. The monoisotopic (exact) mass is 412 g/mol. The smallest absolute Gasteiger partial charge is 0.331 e. The number of hydrogen-bond donors (Lipinski definition) is 0. The van der Waals surface area contributed by atoms with Crippen LogP contribution in [0, 0.1) is 12.7 Å². The van der Waals surface area contributed by atoms with E-state index in [-0.39, 0.29) is 34.9 Å². The molecule has 1 aliphatic rings. The van der Waals surface area contributed by atoms with Gasteiger partial charge in [-0.05, 0) is 25.5 Å². The van der Waals surface area contributed by atoms with E-state index in [1.165, 1.54) is 29.0 Å². The molecule has 1 aromatic heterocycles. The molecule has 0 bridgehead atoms. The summed E-state index contributed by atoms with van der Waals surface area (Å²) in [6.45, 7) is 1.54. The summed E-state index contributed by atoms with van der Waals surface area (Å²) in [5.74, 6) is -0.979. The number of nitrogens with zero attached hydrogens (tertiary/aromatic N) is 2. The van der Waals surface area contributed by atoms with E-state index in [1.54, 1.807) is 19.1 Å². The van der Waals surface area contributed by atoms with Crippen LogP contribution in [0.5, 0.6) is 0 Å². The van der Waals surface area contributed by atoms with Crippen LogP contribution >= 0.6 is 11.6 Å². The molecule has 1 fully saturated rings. The summed E-state index contributed by atoms with van der Waals surface area (Å²) in [6.07, 6.45) is 3.11. The summed E-state index contributed by atoms with van der Waals surface area (Å²) < 4.78 is 43.4. The molecule has 1 aliphatic heterocycles. The van der Waals surface area contributed by atoms with E-state index in [4.69, 9.17) is 16.3 Å². The van der Waals surface area contributed by atoms with Crippen LogP contribution in [0.25, 0.3) is 6.08 Å². The molecule has 0 radical (unpaired) electrons. The van der Waals surface area contributed by atoms with Gasteiger partial charge in [0.05, 0.1) is 23.2 Å². The Labute approximate surface area is 161 Å². The van der Waals surface area contributed by atoms with Crippen LogP contribution in [0.3, 0.4) is 0 Å². The summed E-state index contributed by atoms with van der Waals surface area (Å²) in [4.78, 5) is 11.9. The van der Waals surface area contributed by atoms with Crippen LogP contribution in [0.4, 0.5) is 4.39 Å². The van der Waals surface area contributed by atoms with Gasteiger partial charge in [-0.3, -0.25) is 0 Å². The molecule has 1 saturated heterocycles. The zero-order valence-corrected chi connectivity index (χ0v) is 16.1. The number of rotatable bonds is 5. The predicted molar refractivity (Wildman–Crippen MR) is 99.5 cm³/mol. The lowest BCUT2D eigenvalue weighted by Gasteiger charge is -2.09. The fourth-order valence-electron chi connectivity index (χ4n) is 2.90. The number of ether oxygens (including phenoxy) is 1. The lowest BCUT2D eigenvalue weighted by Crippen LogP contribution is -2.12. The molecule has 0 unspecified atom stereocenters. The molecule has 1 aromatic carbocycles. The summed E-state index contributed by atoms with van der Waals surface area (Å²) in [6, 6.07) is 5.73. The number of hydrogen-bond acceptors (Lipinski definition) is 5. The van der Waals surface area contributed by atoms with Crippen molar-refractivity contribution >= 4 is 33.5 Å². The van der Waals surface area contributed by atoms with Gasteiger partial charge in [0.25, 0.3) is 0 Å². The number of benzene rings is 1. The molecule has 3 rings (SSSR count). The first-order valence-corrected chi connectivity index (χ1v) is 10.5. The number of aryl methyl sites for hydroxylation is 1. The first kappa shape index (κ1) is 19.6. The number of halogens is 2. The standard InChI is InChI=1S/C18H18ClFN2O4S/c1-12-15(18(19)22(21-12)14-8-9-27(24,25)11-14)6-7-17(23)26-10-13-4-2-3-5-16(13)20/h2-7,14H,8-11H2,1H3/b7-6+/t14-/m1/s1. The molecule has 1 atom stereocenters. The third-order valence-electron chi connectivity index (χ3n) is 4.34. The van der Waals surface area contributed by atoms with Gasteiger partial charge in [-0.15, -0.1) is 0 Å². The lowest BCUT2D eigenvalue weighted by atomic mass is 10.2. The zero-order chi connectivity index (χ0) is 19.6. The first-order chi connectivity index (χ1) is 12.8. The van der Waals surface area contributed by atoms with Crippen molar-refractivity contribution in [1.29, 1.82) is 0 Å². The van der Waals surface area contributed by atoms with Gasteiger partial charge in [-0.2, -0.15) is 5.10 Å². The van der Waals surface area contributed by atoms with Gasteiger partial charge in [0.1, 0.15) is 17.6 Å². The summed E-state index contributed by atoms with van der Waals surface area (Å²) in [5.41, 5.74) is 1.37. The molecule has 0 amide bonds. The number of sulfone groups is 1. The minimum Gasteiger partial charge on any atom is -0.458 e. The van der Waals surface area contributed by atoms with E-state index in [0.29, 0.717) is 17.7 Å². The van der Waals surface area contributed by atoms with Crippen molar-refractivity contribution in [2.45, 2.75) is 26.0 Å². The summed E-state index contributed by atoms with van der Waals surface area (Å²) >= 11 is 6.33. The second-order valence-corrected chi connectivity index (χ2v) is 8.91. The lowest BCUT2D eigenvalue weighted by molar-refractivity contribution is -0.138. The molecular formula is C18H18ClFN2O4S. The maximum atomic E-state index is 13.5. The average Bonchev–Trinajstić information content (AvgIpc) is 3.11. The Morgan fingerprint density at radius 1 is 1.44 bits per heavy atom. The fourth-order valence-corrected chi connectivity index (χ4v) is 4.96. The van der Waals surface area contributed by atoms with E-state index in [1.807, 2.05) is 0 Å². The number of esters is 1. The molecule has 0 spiro atoms. The third-order valence-corrected chi connectivity index (χ3v) is 6.47. The second-order valence-electron chi connectivity index (χ2n) is 6.32. The molecule has 0 aliphatic carbocycles. The van der Waals surface area contributed by atoms with Crippen molar-refractivity contribution in [3.8, 4) is 0 Å². The van der Waals surface area contributed by atoms with Crippen LogP contribution in [0.2, 0.25) is 5.15 Å². The fraction of sp³-hybridized carbons (Fsp3) is 0.333. The van der Waals surface area contributed by atoms with Crippen LogP contribution < -0.4 is 0 Å². The van der Waals surface area contributed by atoms with Gasteiger partial charge in [0, 0.05) is 17.2 Å². The van der Waals surface area contributed by atoms with Crippen LogP contribution in [0.15, 0.2) is 30.3 Å². The minimum absolute atomic E-state index is 0.00166. The highest BCUT2D eigenvalue weighted by Crippen LogP contribution is 2.30. The van der Waals surface area contributed by atoms with Gasteiger partial charge in [0.15, 0.2) is 9.84 Å². The topological polar surface area (TPSA) is 78.3 Å². The normalized spacial score (nSPS) is 18.9. The largest absolute Gasteiger partial charge is 0.458 e. The summed E-state index contributed by atoms with van der Waals surface area (Å²) in [5, 5.41) is 4.58. The number of carbonyl (C=O) groups is 1. The predicted octanol–water partition coefficient (Wildman–Crippen LogP) is 3.10. The molecule has 9 heteroatoms. The maximum Gasteiger partial charge on any atom is 0.331 e. The zero-order valence-electron chi connectivity index (χ0n) is 14.6. The Bertz CT molecular complexity index is 1000. The van der Waals surface area contributed by atoms with Gasteiger partial charge in [-0.25, -0.2) is 22.3 Å². The van der Waals surface area contributed by atoms with Gasteiger partial charge in [0.2, 0.25) is 0 Å². The Morgan fingerprint density at radius 2 is 2.19 bits per heavy atom. The Morgan fingerprint density at radius 3 is 2.85 bits per heavy atom. The molecule has 144 valence electrons. The highest BCUT2D eigenvalue weighted by Gasteiger charge is 2.31. The van der Waals surface area contributed by atoms with E-state index in [9.17, 15) is 17.6 Å². The van der Waals surface area contributed by atoms with Gasteiger partial charge in [-0.1, -0.05) is 29.8 Å². The molecule has 0 saturated carbocycles. The van der Waals surface area contributed by atoms with Crippen molar-refractivity contribution < 1.29 is 22.3 Å². The molecule has 0 N–H and O–H groups in total. The Hall–Kier alpha value is -2.19. The number of aromatic nitrogens is 2. The van der Waals surface area contributed by atoms with Gasteiger partial charge < -0.3 is 4.74 Å². The third kappa shape index (κ3) is 4.56. The maximum absolute atomic E-state index is 13.5. The Balaban J connectivity index is 1.68. The summed E-state index contributed by atoms with van der Waals surface area (Å²) in [7, 11) is -3.07. The van der Waals surface area contributed by atoms with Crippen LogP contribution in [0.1, 0.15) is 29.3 Å². The molecule has 2 heterocycles. The molecular weight excluding hydrogens is 395 g/mol. The van der Waals surface area contributed by atoms with Crippen molar-refractivity contribution in [1.82, 2.24) is 9.78 Å². The van der Waals surface area contributed by atoms with Crippen molar-refractivity contribution in [3.63, 3.8) is 0 Å². The molecule has 6 nitrogen and oxygen atoms in total. The molecule has 27 heavy (non-hydrogen) atoms. The minimum atomic E-state index is -3.07. The first-order valence-electron chi connectivity index (χ1n) is 8.30. The van der Waals surface area contributed by atoms with Crippen molar-refractivity contribution in [2.24, 2.45) is 0 Å². The van der Waals surface area contributed by atoms with Crippen LogP contribution in [-0.2, 0) is 26.0 Å². The van der Waals surface area contributed by atoms with E-state index in [0.717, 1.165) is 0 Å². The van der Waals surface area contributed by atoms with E-state index in [2.05, 4.69) is 5.10 Å². The highest BCUT2D eigenvalue weighted by molar-refractivity contribution is 7.91.